The Morgan fingerprint density at radius 2 is 1.94 bits per heavy atom. The van der Waals surface area contributed by atoms with E-state index < -0.39 is 5.97 Å². The zero-order valence-corrected chi connectivity index (χ0v) is 9.74. The Morgan fingerprint density at radius 1 is 1.17 bits per heavy atom. The number of aromatic nitrogens is 1. The van der Waals surface area contributed by atoms with Crippen LogP contribution in [0.1, 0.15) is 15.9 Å². The summed E-state index contributed by atoms with van der Waals surface area (Å²) in [6.45, 7) is 0.404. The van der Waals surface area contributed by atoms with Gasteiger partial charge in [-0.15, -0.1) is 0 Å². The van der Waals surface area contributed by atoms with Crippen LogP contribution < -0.4 is 4.74 Å². The van der Waals surface area contributed by atoms with Gasteiger partial charge in [0.1, 0.15) is 5.56 Å². The molecule has 0 aliphatic rings. The molecule has 0 saturated carbocycles. The molecule has 0 aliphatic carbocycles. The second-order valence-electron chi connectivity index (χ2n) is 3.75. The number of nitrogens with zero attached hydrogens (tertiary/aromatic N) is 1. The molecule has 2 rings (SSSR count). The maximum absolute atomic E-state index is 10.9. The Hall–Kier alpha value is -2.36. The van der Waals surface area contributed by atoms with Crippen LogP contribution in [-0.4, -0.2) is 22.7 Å². The number of benzene rings is 1. The van der Waals surface area contributed by atoms with E-state index in [2.05, 4.69) is 4.98 Å². The van der Waals surface area contributed by atoms with Crippen LogP contribution in [0.4, 0.5) is 0 Å². The van der Waals surface area contributed by atoms with Crippen molar-refractivity contribution in [2.75, 3.05) is 6.61 Å². The molecule has 0 spiro atoms. The minimum absolute atomic E-state index is 0.0885. The van der Waals surface area contributed by atoms with Crippen LogP contribution in [0.2, 0.25) is 0 Å². The number of carbonyl (C=O) groups is 1. The molecule has 1 aromatic carbocycles. The highest BCUT2D eigenvalue weighted by Gasteiger charge is 2.11. The maximum atomic E-state index is 10.9. The van der Waals surface area contributed by atoms with E-state index in [4.69, 9.17) is 9.84 Å². The van der Waals surface area contributed by atoms with Crippen LogP contribution in [0.25, 0.3) is 0 Å². The van der Waals surface area contributed by atoms with Crippen LogP contribution in [-0.2, 0) is 6.42 Å². The normalized spacial score (nSPS) is 10.0. The van der Waals surface area contributed by atoms with E-state index in [0.717, 1.165) is 12.0 Å². The summed E-state index contributed by atoms with van der Waals surface area (Å²) in [6.07, 6.45) is 2.24. The minimum Gasteiger partial charge on any atom is -0.477 e. The molecule has 0 bridgehead atoms. The lowest BCUT2D eigenvalue weighted by Crippen LogP contribution is -2.07. The molecule has 0 amide bonds. The van der Waals surface area contributed by atoms with Gasteiger partial charge in [0.15, 0.2) is 0 Å². The average Bonchev–Trinajstić information content (AvgIpc) is 2.40. The molecule has 0 unspecified atom stereocenters. The first kappa shape index (κ1) is 12.1. The summed E-state index contributed by atoms with van der Waals surface area (Å²) < 4.78 is 5.41. The van der Waals surface area contributed by atoms with E-state index in [1.54, 1.807) is 6.07 Å². The third-order valence-corrected chi connectivity index (χ3v) is 2.47. The van der Waals surface area contributed by atoms with E-state index >= 15 is 0 Å². The summed E-state index contributed by atoms with van der Waals surface area (Å²) in [7, 11) is 0. The number of hydrogen-bond donors (Lipinski definition) is 1. The van der Waals surface area contributed by atoms with Crippen molar-refractivity contribution in [3.05, 3.63) is 59.8 Å². The number of carboxylic acid groups (broad SMARTS) is 1. The fourth-order valence-electron chi connectivity index (χ4n) is 1.58. The zero-order valence-electron chi connectivity index (χ0n) is 9.74. The van der Waals surface area contributed by atoms with Crippen molar-refractivity contribution in [1.29, 1.82) is 0 Å². The molecule has 4 heteroatoms. The standard InChI is InChI=1S/C14H13NO3/c16-14(17)12-7-4-9-15-13(12)18-10-8-11-5-2-1-3-6-11/h1-7,9H,8,10H2,(H,16,17). The fourth-order valence-corrected chi connectivity index (χ4v) is 1.58. The minimum atomic E-state index is -1.03. The van der Waals surface area contributed by atoms with Gasteiger partial charge in [0, 0.05) is 12.6 Å². The third kappa shape index (κ3) is 3.07. The van der Waals surface area contributed by atoms with Crippen molar-refractivity contribution in [2.45, 2.75) is 6.42 Å². The van der Waals surface area contributed by atoms with Crippen molar-refractivity contribution < 1.29 is 14.6 Å². The quantitative estimate of drug-likeness (QED) is 0.876. The number of carboxylic acids is 1. The first-order valence-corrected chi connectivity index (χ1v) is 5.62. The number of aromatic carboxylic acids is 1. The van der Waals surface area contributed by atoms with Gasteiger partial charge in [0.05, 0.1) is 6.61 Å². The highest BCUT2D eigenvalue weighted by atomic mass is 16.5. The van der Waals surface area contributed by atoms with Crippen LogP contribution in [0, 0.1) is 0 Å². The lowest BCUT2D eigenvalue weighted by molar-refractivity contribution is 0.0691. The number of hydrogen-bond acceptors (Lipinski definition) is 3. The predicted octanol–water partition coefficient (Wildman–Crippen LogP) is 2.40. The largest absolute Gasteiger partial charge is 0.477 e. The second kappa shape index (κ2) is 5.82. The van der Waals surface area contributed by atoms with Gasteiger partial charge in [-0.2, -0.15) is 0 Å². The van der Waals surface area contributed by atoms with Gasteiger partial charge in [-0.25, -0.2) is 9.78 Å². The van der Waals surface area contributed by atoms with Crippen LogP contribution in [0.5, 0.6) is 5.88 Å². The van der Waals surface area contributed by atoms with Gasteiger partial charge in [-0.3, -0.25) is 0 Å². The molecule has 4 nitrogen and oxygen atoms in total. The zero-order chi connectivity index (χ0) is 12.8. The smallest absolute Gasteiger partial charge is 0.341 e. The van der Waals surface area contributed by atoms with Gasteiger partial charge in [0.25, 0.3) is 0 Å². The lowest BCUT2D eigenvalue weighted by atomic mass is 10.2. The maximum Gasteiger partial charge on any atom is 0.341 e. The molecule has 92 valence electrons. The predicted molar refractivity (Wildman–Crippen MR) is 66.8 cm³/mol. The van der Waals surface area contributed by atoms with Gasteiger partial charge in [0.2, 0.25) is 5.88 Å². The molecule has 18 heavy (non-hydrogen) atoms. The number of pyridine rings is 1. The van der Waals surface area contributed by atoms with Crippen molar-refractivity contribution in [1.82, 2.24) is 4.98 Å². The first-order chi connectivity index (χ1) is 8.77. The topological polar surface area (TPSA) is 59.4 Å². The fraction of sp³-hybridized carbons (Fsp3) is 0.143. The van der Waals surface area contributed by atoms with Crippen molar-refractivity contribution in [3.63, 3.8) is 0 Å². The Bertz CT molecular complexity index is 526. The molecular formula is C14H13NO3. The molecule has 0 atom stereocenters. The Morgan fingerprint density at radius 3 is 2.67 bits per heavy atom. The average molecular weight is 243 g/mol. The molecule has 0 aliphatic heterocycles. The van der Waals surface area contributed by atoms with Crippen LogP contribution in [0.15, 0.2) is 48.7 Å². The van der Waals surface area contributed by atoms with Crippen molar-refractivity contribution in [2.24, 2.45) is 0 Å². The van der Waals surface area contributed by atoms with Gasteiger partial charge >= 0.3 is 5.97 Å². The summed E-state index contributed by atoms with van der Waals surface area (Å²) >= 11 is 0. The molecule has 1 aromatic heterocycles. The second-order valence-corrected chi connectivity index (χ2v) is 3.75. The van der Waals surface area contributed by atoms with E-state index in [-0.39, 0.29) is 11.4 Å². The number of ether oxygens (including phenoxy) is 1. The number of rotatable bonds is 5. The van der Waals surface area contributed by atoms with Gasteiger partial charge < -0.3 is 9.84 Å². The molecule has 2 aromatic rings. The summed E-state index contributed by atoms with van der Waals surface area (Å²) in [4.78, 5) is 14.9. The van der Waals surface area contributed by atoms with E-state index in [1.165, 1.54) is 12.3 Å². The highest BCUT2D eigenvalue weighted by Crippen LogP contribution is 2.14. The SMILES string of the molecule is O=C(O)c1cccnc1OCCc1ccccc1. The Kier molecular flexibility index (Phi) is 3.91. The van der Waals surface area contributed by atoms with Crippen molar-refractivity contribution in [3.8, 4) is 5.88 Å². The molecule has 0 fully saturated rings. The van der Waals surface area contributed by atoms with Gasteiger partial charge in [-0.1, -0.05) is 30.3 Å². The summed E-state index contributed by atoms with van der Waals surface area (Å²) in [5.74, 6) is -0.862. The molecule has 1 heterocycles. The van der Waals surface area contributed by atoms with E-state index in [9.17, 15) is 4.79 Å². The van der Waals surface area contributed by atoms with Crippen LogP contribution >= 0.6 is 0 Å². The highest BCUT2D eigenvalue weighted by molar-refractivity contribution is 5.90. The van der Waals surface area contributed by atoms with Crippen LogP contribution in [0.3, 0.4) is 0 Å². The molecule has 0 saturated heterocycles. The molecule has 1 N–H and O–H groups in total. The Labute approximate surface area is 105 Å². The molecule has 0 radical (unpaired) electrons. The molecular weight excluding hydrogens is 230 g/mol. The summed E-state index contributed by atoms with van der Waals surface area (Å²) in [5, 5.41) is 8.96. The summed E-state index contributed by atoms with van der Waals surface area (Å²) in [6, 6.07) is 12.9. The van der Waals surface area contributed by atoms with E-state index in [1.807, 2.05) is 30.3 Å². The van der Waals surface area contributed by atoms with Gasteiger partial charge in [-0.05, 0) is 17.7 Å². The van der Waals surface area contributed by atoms with Crippen molar-refractivity contribution >= 4 is 5.97 Å². The Balaban J connectivity index is 1.97. The third-order valence-electron chi connectivity index (χ3n) is 2.47. The summed E-state index contributed by atoms with van der Waals surface area (Å²) in [5.41, 5.74) is 1.23. The van der Waals surface area contributed by atoms with E-state index in [0.29, 0.717) is 6.61 Å². The monoisotopic (exact) mass is 243 g/mol. The lowest BCUT2D eigenvalue weighted by Gasteiger charge is -2.07. The first-order valence-electron chi connectivity index (χ1n) is 5.62.